The molecule has 1 aliphatic heterocycles. The van der Waals surface area contributed by atoms with Crippen LogP contribution in [-0.4, -0.2) is 50.8 Å². The maximum atomic E-state index is 11.4. The van der Waals surface area contributed by atoms with E-state index in [0.29, 0.717) is 11.8 Å². The Morgan fingerprint density at radius 3 is 2.70 bits per heavy atom. The minimum absolute atomic E-state index is 0.401. The number of piperazine rings is 1. The van der Waals surface area contributed by atoms with E-state index in [1.54, 1.807) is 6.20 Å². The lowest BCUT2D eigenvalue weighted by molar-refractivity contribution is 0.579. The third-order valence-corrected chi connectivity index (χ3v) is 3.62. The average molecular weight is 299 g/mol. The first-order valence-electron chi connectivity index (χ1n) is 6.79. The number of hydrogen-bond acceptors (Lipinski definition) is 6. The fourth-order valence-electron chi connectivity index (χ4n) is 2.13. The second-order valence-corrected chi connectivity index (χ2v) is 6.65. The molecule has 1 aliphatic rings. The highest BCUT2D eigenvalue weighted by Crippen LogP contribution is 2.19. The molecule has 1 saturated heterocycles. The molecule has 8 heteroatoms. The monoisotopic (exact) mass is 299 g/mol. The van der Waals surface area contributed by atoms with E-state index in [2.05, 4.69) is 24.9 Å². The molecular formula is C12H21N5O2S. The molecule has 2 rings (SSSR count). The topological polar surface area (TPSA) is 87.2 Å². The molecule has 0 radical (unpaired) electrons. The van der Waals surface area contributed by atoms with Gasteiger partial charge in [-0.3, -0.25) is 4.72 Å². The van der Waals surface area contributed by atoms with Crippen LogP contribution in [0.15, 0.2) is 6.20 Å². The fraction of sp³-hybridized carbons (Fsp3) is 0.667. The minimum atomic E-state index is -3.34. The molecule has 2 heterocycles. The zero-order valence-electron chi connectivity index (χ0n) is 11.9. The quantitative estimate of drug-likeness (QED) is 0.808. The molecule has 0 bridgehead atoms. The Morgan fingerprint density at radius 1 is 1.40 bits per heavy atom. The normalized spacial score (nSPS) is 16.2. The number of hydrogen-bond donors (Lipinski definition) is 2. The molecule has 1 aromatic rings. The number of rotatable bonds is 5. The van der Waals surface area contributed by atoms with Gasteiger partial charge in [0.25, 0.3) is 0 Å². The number of nitrogens with one attached hydrogen (secondary N) is 2. The maximum Gasteiger partial charge on any atom is 0.230 e. The highest BCUT2D eigenvalue weighted by molar-refractivity contribution is 7.92. The van der Waals surface area contributed by atoms with Crippen molar-refractivity contribution >= 4 is 21.8 Å². The van der Waals surface area contributed by atoms with Crippen molar-refractivity contribution in [3.63, 3.8) is 0 Å². The second-order valence-electron chi connectivity index (χ2n) is 4.91. The van der Waals surface area contributed by atoms with Gasteiger partial charge in [-0.25, -0.2) is 13.4 Å². The van der Waals surface area contributed by atoms with Crippen LogP contribution in [0.5, 0.6) is 0 Å². The van der Waals surface area contributed by atoms with Gasteiger partial charge < -0.3 is 10.2 Å². The highest BCUT2D eigenvalue weighted by Gasteiger charge is 2.16. The van der Waals surface area contributed by atoms with Crippen molar-refractivity contribution in [3.8, 4) is 0 Å². The Kier molecular flexibility index (Phi) is 4.77. The van der Waals surface area contributed by atoms with Crippen molar-refractivity contribution in [2.24, 2.45) is 0 Å². The lowest BCUT2D eigenvalue weighted by Crippen LogP contribution is -2.44. The Labute approximate surface area is 119 Å². The molecule has 0 saturated carbocycles. The Morgan fingerprint density at radius 2 is 2.10 bits per heavy atom. The van der Waals surface area contributed by atoms with Gasteiger partial charge >= 0.3 is 0 Å². The Bertz CT molecular complexity index is 555. The summed E-state index contributed by atoms with van der Waals surface area (Å²) in [4.78, 5) is 10.8. The second kappa shape index (κ2) is 6.36. The molecule has 0 aromatic carbocycles. The van der Waals surface area contributed by atoms with Crippen molar-refractivity contribution in [2.45, 2.75) is 19.8 Å². The summed E-state index contributed by atoms with van der Waals surface area (Å²) < 4.78 is 25.4. The molecule has 20 heavy (non-hydrogen) atoms. The van der Waals surface area contributed by atoms with Crippen LogP contribution in [0.3, 0.4) is 0 Å². The molecule has 2 N–H and O–H groups in total. The number of aromatic nitrogens is 2. The zero-order valence-corrected chi connectivity index (χ0v) is 12.7. The van der Waals surface area contributed by atoms with Crippen molar-refractivity contribution in [2.75, 3.05) is 42.1 Å². The Balaban J connectivity index is 2.29. The van der Waals surface area contributed by atoms with Crippen LogP contribution in [0.4, 0.5) is 11.8 Å². The van der Waals surface area contributed by atoms with Gasteiger partial charge in [-0.15, -0.1) is 0 Å². The van der Waals surface area contributed by atoms with E-state index in [1.807, 2.05) is 6.92 Å². The Hall–Kier alpha value is -1.41. The summed E-state index contributed by atoms with van der Waals surface area (Å²) in [6, 6.07) is 0. The van der Waals surface area contributed by atoms with Crippen molar-refractivity contribution in [1.82, 2.24) is 15.3 Å². The van der Waals surface area contributed by atoms with Gasteiger partial charge in [0.15, 0.2) is 0 Å². The van der Waals surface area contributed by atoms with E-state index in [9.17, 15) is 8.42 Å². The number of aryl methyl sites for hydroxylation is 1. The van der Waals surface area contributed by atoms with E-state index >= 15 is 0 Å². The first-order chi connectivity index (χ1) is 9.49. The first-order valence-corrected chi connectivity index (χ1v) is 8.68. The molecular weight excluding hydrogens is 278 g/mol. The molecule has 0 aliphatic carbocycles. The average Bonchev–Trinajstić information content (AvgIpc) is 2.40. The molecule has 112 valence electrons. The molecule has 0 amide bonds. The lowest BCUT2D eigenvalue weighted by atomic mass is 10.2. The molecule has 0 spiro atoms. The number of nitrogens with zero attached hydrogens (tertiary/aromatic N) is 3. The van der Waals surface area contributed by atoms with Gasteiger partial charge in [-0.05, 0) is 6.42 Å². The van der Waals surface area contributed by atoms with E-state index in [-0.39, 0.29) is 0 Å². The smallest absolute Gasteiger partial charge is 0.230 e. The SMILES string of the molecule is CCCc1cnc(N2CCNCC2)nc1NS(C)(=O)=O. The van der Waals surface area contributed by atoms with Gasteiger partial charge in [-0.2, -0.15) is 4.98 Å². The lowest BCUT2D eigenvalue weighted by Gasteiger charge is -2.27. The van der Waals surface area contributed by atoms with Crippen LogP contribution in [0.2, 0.25) is 0 Å². The summed E-state index contributed by atoms with van der Waals surface area (Å²) >= 11 is 0. The van der Waals surface area contributed by atoms with Gasteiger partial charge in [0.1, 0.15) is 5.82 Å². The largest absolute Gasteiger partial charge is 0.338 e. The first kappa shape index (κ1) is 15.0. The van der Waals surface area contributed by atoms with Gasteiger partial charge in [-0.1, -0.05) is 13.3 Å². The number of sulfonamides is 1. The zero-order chi connectivity index (χ0) is 14.6. The van der Waals surface area contributed by atoms with Crippen LogP contribution in [0.25, 0.3) is 0 Å². The summed E-state index contributed by atoms with van der Waals surface area (Å²) in [5.41, 5.74) is 0.830. The van der Waals surface area contributed by atoms with Crippen LogP contribution >= 0.6 is 0 Å². The summed E-state index contributed by atoms with van der Waals surface area (Å²) in [5.74, 6) is 0.982. The molecule has 1 aromatic heterocycles. The van der Waals surface area contributed by atoms with E-state index in [0.717, 1.165) is 50.8 Å². The van der Waals surface area contributed by atoms with Crippen molar-refractivity contribution in [3.05, 3.63) is 11.8 Å². The summed E-state index contributed by atoms with van der Waals surface area (Å²) in [6.45, 7) is 5.45. The molecule has 0 unspecified atom stereocenters. The molecule has 0 atom stereocenters. The summed E-state index contributed by atoms with van der Waals surface area (Å²) in [7, 11) is -3.34. The predicted molar refractivity (Wildman–Crippen MR) is 79.6 cm³/mol. The van der Waals surface area contributed by atoms with Crippen LogP contribution < -0.4 is 14.9 Å². The van der Waals surface area contributed by atoms with Gasteiger partial charge in [0, 0.05) is 37.9 Å². The van der Waals surface area contributed by atoms with Gasteiger partial charge in [0.05, 0.1) is 6.26 Å². The maximum absolute atomic E-state index is 11.4. The van der Waals surface area contributed by atoms with Crippen LogP contribution in [0.1, 0.15) is 18.9 Å². The van der Waals surface area contributed by atoms with Crippen molar-refractivity contribution in [1.29, 1.82) is 0 Å². The van der Waals surface area contributed by atoms with Crippen molar-refractivity contribution < 1.29 is 8.42 Å². The summed E-state index contributed by atoms with van der Waals surface area (Å²) in [5, 5.41) is 3.26. The minimum Gasteiger partial charge on any atom is -0.338 e. The van der Waals surface area contributed by atoms with E-state index in [1.165, 1.54) is 0 Å². The van der Waals surface area contributed by atoms with Gasteiger partial charge in [0.2, 0.25) is 16.0 Å². The number of anilines is 2. The van der Waals surface area contributed by atoms with Crippen LogP contribution in [0, 0.1) is 0 Å². The third-order valence-electron chi connectivity index (χ3n) is 3.05. The highest BCUT2D eigenvalue weighted by atomic mass is 32.2. The van der Waals surface area contributed by atoms with E-state index in [4.69, 9.17) is 0 Å². The molecule has 7 nitrogen and oxygen atoms in total. The standard InChI is InChI=1S/C12H21N5O2S/c1-3-4-10-9-14-12(17-7-5-13-6-8-17)15-11(10)16-20(2,18)19/h9,13H,3-8H2,1-2H3,(H,14,15,16). The van der Waals surface area contributed by atoms with E-state index < -0.39 is 10.0 Å². The summed E-state index contributed by atoms with van der Waals surface area (Å²) in [6.07, 6.45) is 4.52. The van der Waals surface area contributed by atoms with Crippen LogP contribution in [-0.2, 0) is 16.4 Å². The fourth-order valence-corrected chi connectivity index (χ4v) is 2.66. The predicted octanol–water partition coefficient (Wildman–Crippen LogP) is 0.210. The molecule has 1 fully saturated rings. The third kappa shape index (κ3) is 4.04.